The van der Waals surface area contributed by atoms with E-state index in [0.29, 0.717) is 11.1 Å². The molecule has 2 aromatic carbocycles. The fourth-order valence-corrected chi connectivity index (χ4v) is 3.04. The molecule has 6 heteroatoms. The van der Waals surface area contributed by atoms with Gasteiger partial charge in [-0.2, -0.15) is 0 Å². The van der Waals surface area contributed by atoms with Gasteiger partial charge in [0, 0.05) is 15.8 Å². The van der Waals surface area contributed by atoms with Crippen molar-refractivity contribution >= 4 is 27.7 Å². The Hall–Kier alpha value is -1.79. The first kappa shape index (κ1) is 15.1. The third-order valence-corrected chi connectivity index (χ3v) is 4.38. The van der Waals surface area contributed by atoms with E-state index in [4.69, 9.17) is 9.15 Å². The van der Waals surface area contributed by atoms with Gasteiger partial charge in [-0.15, -0.1) is 10.2 Å². The van der Waals surface area contributed by atoms with Crippen molar-refractivity contribution in [2.24, 2.45) is 0 Å². The van der Waals surface area contributed by atoms with E-state index >= 15 is 0 Å². The normalized spacial score (nSPS) is 10.6. The van der Waals surface area contributed by atoms with Crippen LogP contribution in [-0.4, -0.2) is 17.3 Å². The van der Waals surface area contributed by atoms with Gasteiger partial charge in [0.25, 0.3) is 5.22 Å². The number of aromatic nitrogens is 2. The number of thioether (sulfide) groups is 1. The lowest BCUT2D eigenvalue weighted by Crippen LogP contribution is -1.82. The molecular formula is C16H13BrN2O2S. The molecule has 0 amide bonds. The number of ether oxygens (including phenoxy) is 1. The number of benzene rings is 2. The van der Waals surface area contributed by atoms with Crippen LogP contribution in [0.25, 0.3) is 11.5 Å². The number of halogens is 1. The average molecular weight is 377 g/mol. The zero-order chi connectivity index (χ0) is 15.4. The molecule has 3 aromatic rings. The summed E-state index contributed by atoms with van der Waals surface area (Å²) >= 11 is 4.98. The second kappa shape index (κ2) is 6.98. The highest BCUT2D eigenvalue weighted by atomic mass is 79.9. The van der Waals surface area contributed by atoms with E-state index in [2.05, 4.69) is 38.3 Å². The lowest BCUT2D eigenvalue weighted by molar-refractivity contribution is 0.414. The Kier molecular flexibility index (Phi) is 4.80. The predicted octanol–water partition coefficient (Wildman–Crippen LogP) is 4.80. The Morgan fingerprint density at radius 2 is 1.95 bits per heavy atom. The van der Waals surface area contributed by atoms with E-state index in [0.717, 1.165) is 21.5 Å². The van der Waals surface area contributed by atoms with Crippen molar-refractivity contribution in [3.8, 4) is 17.2 Å². The lowest BCUT2D eigenvalue weighted by Gasteiger charge is -2.00. The van der Waals surface area contributed by atoms with Crippen molar-refractivity contribution in [1.29, 1.82) is 0 Å². The second-order valence-corrected chi connectivity index (χ2v) is 6.36. The Morgan fingerprint density at radius 1 is 1.14 bits per heavy atom. The van der Waals surface area contributed by atoms with E-state index in [1.165, 1.54) is 17.3 Å². The van der Waals surface area contributed by atoms with E-state index < -0.39 is 0 Å². The number of methoxy groups -OCH3 is 1. The Balaban J connectivity index is 1.68. The lowest BCUT2D eigenvalue weighted by atomic mass is 10.2. The number of rotatable bonds is 5. The van der Waals surface area contributed by atoms with Gasteiger partial charge in [-0.25, -0.2) is 0 Å². The van der Waals surface area contributed by atoms with Crippen molar-refractivity contribution in [1.82, 2.24) is 10.2 Å². The molecule has 0 N–H and O–H groups in total. The maximum atomic E-state index is 5.68. The van der Waals surface area contributed by atoms with Crippen LogP contribution in [0, 0.1) is 0 Å². The third kappa shape index (κ3) is 3.69. The van der Waals surface area contributed by atoms with Crippen LogP contribution in [0.5, 0.6) is 5.75 Å². The molecule has 0 aliphatic heterocycles. The minimum absolute atomic E-state index is 0.513. The van der Waals surface area contributed by atoms with Gasteiger partial charge in [-0.05, 0) is 42.0 Å². The molecule has 0 atom stereocenters. The van der Waals surface area contributed by atoms with Crippen LogP contribution in [0.1, 0.15) is 5.56 Å². The topological polar surface area (TPSA) is 48.2 Å². The first-order valence-electron chi connectivity index (χ1n) is 6.60. The van der Waals surface area contributed by atoms with Crippen molar-refractivity contribution in [3.63, 3.8) is 0 Å². The molecule has 4 nitrogen and oxygen atoms in total. The molecule has 3 rings (SSSR count). The smallest absolute Gasteiger partial charge is 0.277 e. The van der Waals surface area contributed by atoms with Gasteiger partial charge < -0.3 is 9.15 Å². The molecule has 1 aromatic heterocycles. The number of hydrogen-bond donors (Lipinski definition) is 0. The fourth-order valence-electron chi connectivity index (χ4n) is 1.89. The molecule has 0 saturated heterocycles. The summed E-state index contributed by atoms with van der Waals surface area (Å²) in [6, 6.07) is 15.7. The van der Waals surface area contributed by atoms with Gasteiger partial charge in [0.1, 0.15) is 5.75 Å². The summed E-state index contributed by atoms with van der Waals surface area (Å²) in [6.45, 7) is 0. The average Bonchev–Trinajstić information content (AvgIpc) is 3.02. The maximum Gasteiger partial charge on any atom is 0.277 e. The summed E-state index contributed by atoms with van der Waals surface area (Å²) in [5.74, 6) is 2.09. The van der Waals surface area contributed by atoms with Crippen LogP contribution < -0.4 is 4.74 Å². The molecule has 0 spiro atoms. The standard InChI is InChI=1S/C16H13BrN2O2S/c1-20-14-7-5-12(6-8-14)15-18-19-16(21-15)22-10-11-3-2-4-13(17)9-11/h2-9H,10H2,1H3. The molecule has 0 radical (unpaired) electrons. The van der Waals surface area contributed by atoms with Crippen LogP contribution in [0.3, 0.4) is 0 Å². The van der Waals surface area contributed by atoms with Crippen LogP contribution in [0.15, 0.2) is 62.6 Å². The molecular weight excluding hydrogens is 364 g/mol. The minimum Gasteiger partial charge on any atom is -0.497 e. The highest BCUT2D eigenvalue weighted by Crippen LogP contribution is 2.27. The van der Waals surface area contributed by atoms with Crippen LogP contribution >= 0.6 is 27.7 Å². The summed E-state index contributed by atoms with van der Waals surface area (Å²) in [5, 5.41) is 8.72. The second-order valence-electron chi connectivity index (χ2n) is 4.52. The van der Waals surface area contributed by atoms with Crippen molar-refractivity contribution in [2.45, 2.75) is 11.0 Å². The van der Waals surface area contributed by atoms with Gasteiger partial charge >= 0.3 is 0 Å². The van der Waals surface area contributed by atoms with Crippen molar-refractivity contribution in [2.75, 3.05) is 7.11 Å². The van der Waals surface area contributed by atoms with Crippen LogP contribution in [0.2, 0.25) is 0 Å². The Bertz CT molecular complexity index is 759. The highest BCUT2D eigenvalue weighted by Gasteiger charge is 2.09. The monoisotopic (exact) mass is 376 g/mol. The first-order valence-corrected chi connectivity index (χ1v) is 8.37. The summed E-state index contributed by atoms with van der Waals surface area (Å²) < 4.78 is 11.9. The maximum absolute atomic E-state index is 5.68. The van der Waals surface area contributed by atoms with Crippen molar-refractivity contribution in [3.05, 3.63) is 58.6 Å². The zero-order valence-electron chi connectivity index (χ0n) is 11.8. The van der Waals surface area contributed by atoms with E-state index in [9.17, 15) is 0 Å². The van der Waals surface area contributed by atoms with Crippen LogP contribution in [0.4, 0.5) is 0 Å². The molecule has 0 aliphatic carbocycles. The summed E-state index contributed by atoms with van der Waals surface area (Å²) in [4.78, 5) is 0. The Morgan fingerprint density at radius 3 is 2.68 bits per heavy atom. The van der Waals surface area contributed by atoms with Gasteiger partial charge in [-0.1, -0.05) is 39.8 Å². The molecule has 22 heavy (non-hydrogen) atoms. The summed E-state index contributed by atoms with van der Waals surface area (Å²) in [6.07, 6.45) is 0. The molecule has 0 aliphatic rings. The quantitative estimate of drug-likeness (QED) is 0.598. The highest BCUT2D eigenvalue weighted by molar-refractivity contribution is 9.10. The predicted molar refractivity (Wildman–Crippen MR) is 90.0 cm³/mol. The summed E-state index contributed by atoms with van der Waals surface area (Å²) in [7, 11) is 1.64. The molecule has 0 fully saturated rings. The first-order chi connectivity index (χ1) is 10.7. The van der Waals surface area contributed by atoms with E-state index in [1.54, 1.807) is 7.11 Å². The molecule has 1 heterocycles. The van der Waals surface area contributed by atoms with Gasteiger partial charge in [0.15, 0.2) is 0 Å². The number of hydrogen-bond acceptors (Lipinski definition) is 5. The largest absolute Gasteiger partial charge is 0.497 e. The minimum atomic E-state index is 0.513. The van der Waals surface area contributed by atoms with E-state index in [1.807, 2.05) is 36.4 Å². The van der Waals surface area contributed by atoms with Crippen LogP contribution in [-0.2, 0) is 5.75 Å². The van der Waals surface area contributed by atoms with Gasteiger partial charge in [0.05, 0.1) is 7.11 Å². The molecule has 0 bridgehead atoms. The zero-order valence-corrected chi connectivity index (χ0v) is 14.2. The van der Waals surface area contributed by atoms with Gasteiger partial charge in [-0.3, -0.25) is 0 Å². The van der Waals surface area contributed by atoms with E-state index in [-0.39, 0.29) is 0 Å². The fraction of sp³-hybridized carbons (Fsp3) is 0.125. The SMILES string of the molecule is COc1ccc(-c2nnc(SCc3cccc(Br)c3)o2)cc1. The number of nitrogens with zero attached hydrogens (tertiary/aromatic N) is 2. The molecule has 112 valence electrons. The third-order valence-electron chi connectivity index (χ3n) is 2.99. The molecule has 0 saturated carbocycles. The van der Waals surface area contributed by atoms with Gasteiger partial charge in [0.2, 0.25) is 5.89 Å². The Labute approximate surface area is 141 Å². The van der Waals surface area contributed by atoms with Crippen molar-refractivity contribution < 1.29 is 9.15 Å². The summed E-state index contributed by atoms with van der Waals surface area (Å²) in [5.41, 5.74) is 2.08. The molecule has 0 unspecified atom stereocenters.